The average Bonchev–Trinajstić information content (AvgIpc) is 2.61. The van der Waals surface area contributed by atoms with Gasteiger partial charge in [-0.15, -0.1) is 0 Å². The van der Waals surface area contributed by atoms with Crippen LogP contribution >= 0.6 is 0 Å². The molecule has 0 aromatic heterocycles. The number of methoxy groups -OCH3 is 1. The van der Waals surface area contributed by atoms with Crippen LogP contribution in [-0.2, 0) is 19.6 Å². The SMILES string of the molecule is CCS(=O)(=O)Nc1ccc(C(=O)N2CCC(C(=O)OC)CC2)cc1. The lowest BCUT2D eigenvalue weighted by atomic mass is 9.96. The normalized spacial score (nSPS) is 15.8. The van der Waals surface area contributed by atoms with Crippen LogP contribution < -0.4 is 4.72 Å². The monoisotopic (exact) mass is 354 g/mol. The van der Waals surface area contributed by atoms with Gasteiger partial charge in [0.2, 0.25) is 10.0 Å². The number of hydrogen-bond donors (Lipinski definition) is 1. The Morgan fingerprint density at radius 3 is 2.29 bits per heavy atom. The Labute approximate surface area is 142 Å². The van der Waals surface area contributed by atoms with Gasteiger partial charge in [-0.05, 0) is 44.0 Å². The number of sulfonamides is 1. The first kappa shape index (κ1) is 18.3. The molecule has 0 spiro atoms. The Hall–Kier alpha value is -2.09. The van der Waals surface area contributed by atoms with Gasteiger partial charge >= 0.3 is 5.97 Å². The molecule has 2 rings (SSSR count). The lowest BCUT2D eigenvalue weighted by Gasteiger charge is -2.30. The minimum atomic E-state index is -3.33. The molecule has 0 bridgehead atoms. The van der Waals surface area contributed by atoms with Crippen LogP contribution in [0.1, 0.15) is 30.1 Å². The molecule has 132 valence electrons. The van der Waals surface area contributed by atoms with Crippen LogP contribution in [-0.4, -0.2) is 51.1 Å². The third-order valence-electron chi connectivity index (χ3n) is 4.10. The maximum absolute atomic E-state index is 12.5. The summed E-state index contributed by atoms with van der Waals surface area (Å²) in [6.07, 6.45) is 1.18. The number of carbonyl (C=O) groups is 2. The lowest BCUT2D eigenvalue weighted by Crippen LogP contribution is -2.40. The van der Waals surface area contributed by atoms with E-state index in [1.54, 1.807) is 36.1 Å². The fraction of sp³-hybridized carbons (Fsp3) is 0.500. The van der Waals surface area contributed by atoms with E-state index in [1.165, 1.54) is 7.11 Å². The number of carbonyl (C=O) groups excluding carboxylic acids is 2. The molecule has 8 heteroatoms. The second-order valence-electron chi connectivity index (χ2n) is 5.67. The minimum Gasteiger partial charge on any atom is -0.469 e. The summed E-state index contributed by atoms with van der Waals surface area (Å²) >= 11 is 0. The number of ether oxygens (including phenoxy) is 1. The number of amides is 1. The summed E-state index contributed by atoms with van der Waals surface area (Å²) in [4.78, 5) is 25.7. The first-order chi connectivity index (χ1) is 11.4. The number of nitrogens with one attached hydrogen (secondary N) is 1. The molecule has 1 amide bonds. The topological polar surface area (TPSA) is 92.8 Å². The zero-order valence-electron chi connectivity index (χ0n) is 13.8. The van der Waals surface area contributed by atoms with E-state index in [0.29, 0.717) is 37.2 Å². The van der Waals surface area contributed by atoms with Crippen molar-refractivity contribution in [2.45, 2.75) is 19.8 Å². The smallest absolute Gasteiger partial charge is 0.308 e. The summed E-state index contributed by atoms with van der Waals surface area (Å²) in [5, 5.41) is 0. The molecule has 7 nitrogen and oxygen atoms in total. The molecule has 0 saturated carbocycles. The van der Waals surface area contributed by atoms with E-state index in [2.05, 4.69) is 4.72 Å². The fourth-order valence-corrected chi connectivity index (χ4v) is 3.24. The van der Waals surface area contributed by atoms with Crippen molar-refractivity contribution in [3.63, 3.8) is 0 Å². The van der Waals surface area contributed by atoms with Crippen molar-refractivity contribution in [1.82, 2.24) is 4.90 Å². The van der Waals surface area contributed by atoms with Gasteiger partial charge in [0.05, 0.1) is 18.8 Å². The molecule has 0 aliphatic carbocycles. The molecule has 1 saturated heterocycles. The molecular weight excluding hydrogens is 332 g/mol. The third kappa shape index (κ3) is 4.47. The van der Waals surface area contributed by atoms with Crippen LogP contribution in [0, 0.1) is 5.92 Å². The maximum Gasteiger partial charge on any atom is 0.308 e. The van der Waals surface area contributed by atoms with Gasteiger partial charge in [0, 0.05) is 24.3 Å². The average molecular weight is 354 g/mol. The summed E-state index contributed by atoms with van der Waals surface area (Å²) in [7, 11) is -1.96. The van der Waals surface area contributed by atoms with E-state index in [0.717, 1.165) is 0 Å². The third-order valence-corrected chi connectivity index (χ3v) is 5.41. The summed E-state index contributed by atoms with van der Waals surface area (Å²) in [5.74, 6) is -0.509. The number of piperidine rings is 1. The standard InChI is InChI=1S/C16H22N2O5S/c1-3-24(21,22)17-14-6-4-12(5-7-14)15(19)18-10-8-13(9-11-18)16(20)23-2/h4-7,13,17H,3,8-11H2,1-2H3. The number of hydrogen-bond acceptors (Lipinski definition) is 5. The largest absolute Gasteiger partial charge is 0.469 e. The van der Waals surface area contributed by atoms with E-state index in [1.807, 2.05) is 0 Å². The fourth-order valence-electron chi connectivity index (χ4n) is 2.60. The highest BCUT2D eigenvalue weighted by atomic mass is 32.2. The van der Waals surface area contributed by atoms with Crippen LogP contribution in [0.2, 0.25) is 0 Å². The molecular formula is C16H22N2O5S. The molecule has 1 aromatic rings. The second kappa shape index (κ2) is 7.65. The number of rotatable bonds is 5. The zero-order chi connectivity index (χ0) is 17.7. The van der Waals surface area contributed by atoms with Gasteiger partial charge in [0.1, 0.15) is 0 Å². The molecule has 0 radical (unpaired) electrons. The van der Waals surface area contributed by atoms with Crippen molar-refractivity contribution < 1.29 is 22.7 Å². The van der Waals surface area contributed by atoms with E-state index < -0.39 is 10.0 Å². The Morgan fingerprint density at radius 2 is 1.79 bits per heavy atom. The maximum atomic E-state index is 12.5. The number of benzene rings is 1. The predicted octanol–water partition coefficient (Wildman–Crippen LogP) is 1.47. The van der Waals surface area contributed by atoms with Gasteiger partial charge in [0.25, 0.3) is 5.91 Å². The van der Waals surface area contributed by atoms with Gasteiger partial charge in [-0.2, -0.15) is 0 Å². The molecule has 1 aromatic carbocycles. The van der Waals surface area contributed by atoms with Crippen LogP contribution in [0.3, 0.4) is 0 Å². The van der Waals surface area contributed by atoms with Gasteiger partial charge in [0.15, 0.2) is 0 Å². The van der Waals surface area contributed by atoms with Crippen LogP contribution in [0.4, 0.5) is 5.69 Å². The van der Waals surface area contributed by atoms with Crippen molar-refractivity contribution in [1.29, 1.82) is 0 Å². The number of anilines is 1. The van der Waals surface area contributed by atoms with Crippen LogP contribution in [0.15, 0.2) is 24.3 Å². The highest BCUT2D eigenvalue weighted by Gasteiger charge is 2.28. The predicted molar refractivity (Wildman–Crippen MR) is 90.2 cm³/mol. The van der Waals surface area contributed by atoms with Crippen LogP contribution in [0.5, 0.6) is 0 Å². The Kier molecular flexibility index (Phi) is 5.82. The summed E-state index contributed by atoms with van der Waals surface area (Å²) in [6, 6.07) is 6.34. The van der Waals surface area contributed by atoms with Gasteiger partial charge in [-0.25, -0.2) is 8.42 Å². The van der Waals surface area contributed by atoms with E-state index in [-0.39, 0.29) is 23.5 Å². The Bertz CT molecular complexity index is 692. The van der Waals surface area contributed by atoms with Crippen molar-refractivity contribution in [3.8, 4) is 0 Å². The first-order valence-corrected chi connectivity index (χ1v) is 9.49. The molecule has 1 aliphatic rings. The quantitative estimate of drug-likeness (QED) is 0.809. The summed E-state index contributed by atoms with van der Waals surface area (Å²) in [5.41, 5.74) is 0.920. The Morgan fingerprint density at radius 1 is 1.21 bits per heavy atom. The van der Waals surface area contributed by atoms with Crippen molar-refractivity contribution >= 4 is 27.6 Å². The molecule has 1 aliphatic heterocycles. The van der Waals surface area contributed by atoms with Crippen molar-refractivity contribution in [3.05, 3.63) is 29.8 Å². The minimum absolute atomic E-state index is 0.0111. The van der Waals surface area contributed by atoms with E-state index in [9.17, 15) is 18.0 Å². The lowest BCUT2D eigenvalue weighted by molar-refractivity contribution is -0.146. The molecule has 0 atom stereocenters. The van der Waals surface area contributed by atoms with Gasteiger partial charge in [-0.3, -0.25) is 14.3 Å². The summed E-state index contributed by atoms with van der Waals surface area (Å²) < 4.78 is 30.2. The number of nitrogens with zero attached hydrogens (tertiary/aromatic N) is 1. The Balaban J connectivity index is 1.97. The molecule has 24 heavy (non-hydrogen) atoms. The molecule has 1 N–H and O–H groups in total. The first-order valence-electron chi connectivity index (χ1n) is 7.84. The molecule has 1 fully saturated rings. The number of esters is 1. The number of likely N-dealkylation sites (tertiary alicyclic amines) is 1. The highest BCUT2D eigenvalue weighted by Crippen LogP contribution is 2.21. The highest BCUT2D eigenvalue weighted by molar-refractivity contribution is 7.92. The molecule has 1 heterocycles. The van der Waals surface area contributed by atoms with Crippen LogP contribution in [0.25, 0.3) is 0 Å². The van der Waals surface area contributed by atoms with E-state index >= 15 is 0 Å². The van der Waals surface area contributed by atoms with E-state index in [4.69, 9.17) is 4.74 Å². The zero-order valence-corrected chi connectivity index (χ0v) is 14.6. The van der Waals surface area contributed by atoms with Crippen molar-refractivity contribution in [2.75, 3.05) is 30.7 Å². The molecule has 0 unspecified atom stereocenters. The van der Waals surface area contributed by atoms with Crippen molar-refractivity contribution in [2.24, 2.45) is 5.92 Å². The van der Waals surface area contributed by atoms with Gasteiger partial charge in [-0.1, -0.05) is 0 Å². The van der Waals surface area contributed by atoms with Gasteiger partial charge < -0.3 is 9.64 Å². The summed E-state index contributed by atoms with van der Waals surface area (Å²) in [6.45, 7) is 2.56. The second-order valence-corrected chi connectivity index (χ2v) is 7.68.